The zero-order valence-electron chi connectivity index (χ0n) is 8.76. The van der Waals surface area contributed by atoms with E-state index in [0.717, 1.165) is 5.56 Å². The maximum Gasteiger partial charge on any atom is 0.119 e. The van der Waals surface area contributed by atoms with Crippen molar-refractivity contribution in [1.29, 1.82) is 0 Å². The normalized spacial score (nSPS) is 10.8. The Morgan fingerprint density at radius 3 is 2.43 bits per heavy atom. The van der Waals surface area contributed by atoms with Crippen LogP contribution in [-0.4, -0.2) is 5.11 Å². The SMILES string of the molecule is Cc1cc(C)c2c(C)c(O)ccc2c1. The van der Waals surface area contributed by atoms with Gasteiger partial charge in [0.05, 0.1) is 0 Å². The first-order valence-electron chi connectivity index (χ1n) is 4.79. The molecule has 0 atom stereocenters. The molecule has 0 saturated carbocycles. The van der Waals surface area contributed by atoms with Crippen molar-refractivity contribution in [3.05, 3.63) is 41.0 Å². The van der Waals surface area contributed by atoms with E-state index in [1.54, 1.807) is 6.07 Å². The van der Waals surface area contributed by atoms with Gasteiger partial charge in [-0.25, -0.2) is 0 Å². The standard InChI is InChI=1S/C13H14O/c1-8-6-9(2)13-10(3)12(14)5-4-11(13)7-8/h4-7,14H,1-3H3. The van der Waals surface area contributed by atoms with E-state index in [2.05, 4.69) is 26.0 Å². The molecule has 0 aliphatic heterocycles. The predicted molar refractivity (Wildman–Crippen MR) is 59.8 cm³/mol. The van der Waals surface area contributed by atoms with Gasteiger partial charge in [0, 0.05) is 0 Å². The number of benzene rings is 2. The molecule has 0 bridgehead atoms. The summed E-state index contributed by atoms with van der Waals surface area (Å²) in [6.45, 7) is 6.14. The van der Waals surface area contributed by atoms with Gasteiger partial charge in [-0.2, -0.15) is 0 Å². The summed E-state index contributed by atoms with van der Waals surface area (Å²) >= 11 is 0. The minimum Gasteiger partial charge on any atom is -0.508 e. The molecule has 1 nitrogen and oxygen atoms in total. The highest BCUT2D eigenvalue weighted by molar-refractivity contribution is 5.90. The molecule has 0 spiro atoms. The minimum atomic E-state index is 0.379. The largest absolute Gasteiger partial charge is 0.508 e. The average Bonchev–Trinajstić information content (AvgIpc) is 2.10. The van der Waals surface area contributed by atoms with E-state index in [-0.39, 0.29) is 0 Å². The Balaban J connectivity index is 2.95. The molecular formula is C13H14O. The molecule has 2 aromatic rings. The number of phenolic OH excluding ortho intramolecular Hbond substituents is 1. The molecule has 1 N–H and O–H groups in total. The Kier molecular flexibility index (Phi) is 1.95. The number of aryl methyl sites for hydroxylation is 3. The van der Waals surface area contributed by atoms with Gasteiger partial charge in [0.1, 0.15) is 5.75 Å². The first kappa shape index (κ1) is 9.07. The lowest BCUT2D eigenvalue weighted by Crippen LogP contribution is -1.85. The number of aromatic hydroxyl groups is 1. The summed E-state index contributed by atoms with van der Waals surface area (Å²) in [6.07, 6.45) is 0. The molecule has 0 aliphatic carbocycles. The van der Waals surface area contributed by atoms with E-state index in [0.29, 0.717) is 5.75 Å². The van der Waals surface area contributed by atoms with Gasteiger partial charge in [-0.05, 0) is 48.7 Å². The highest BCUT2D eigenvalue weighted by Crippen LogP contribution is 2.29. The lowest BCUT2D eigenvalue weighted by Gasteiger charge is -2.08. The molecule has 14 heavy (non-hydrogen) atoms. The Labute approximate surface area is 84.0 Å². The molecule has 2 aromatic carbocycles. The average molecular weight is 186 g/mol. The highest BCUT2D eigenvalue weighted by Gasteiger charge is 2.05. The van der Waals surface area contributed by atoms with Crippen LogP contribution in [0.3, 0.4) is 0 Å². The number of fused-ring (bicyclic) bond motifs is 1. The van der Waals surface area contributed by atoms with Crippen molar-refractivity contribution in [3.8, 4) is 5.75 Å². The fraction of sp³-hybridized carbons (Fsp3) is 0.231. The van der Waals surface area contributed by atoms with Crippen molar-refractivity contribution in [3.63, 3.8) is 0 Å². The molecule has 0 radical (unpaired) electrons. The van der Waals surface area contributed by atoms with Crippen LogP contribution in [0, 0.1) is 20.8 Å². The monoisotopic (exact) mass is 186 g/mol. The molecular weight excluding hydrogens is 172 g/mol. The smallest absolute Gasteiger partial charge is 0.119 e. The van der Waals surface area contributed by atoms with Gasteiger partial charge in [-0.1, -0.05) is 23.8 Å². The van der Waals surface area contributed by atoms with Gasteiger partial charge < -0.3 is 5.11 Å². The Bertz CT molecular complexity index is 498. The lowest BCUT2D eigenvalue weighted by molar-refractivity contribution is 0.472. The van der Waals surface area contributed by atoms with Crippen molar-refractivity contribution < 1.29 is 5.11 Å². The second kappa shape index (κ2) is 3.02. The molecule has 0 amide bonds. The lowest BCUT2D eigenvalue weighted by atomic mass is 9.98. The predicted octanol–water partition coefficient (Wildman–Crippen LogP) is 3.47. The molecule has 72 valence electrons. The summed E-state index contributed by atoms with van der Waals surface area (Å²) < 4.78 is 0. The Morgan fingerprint density at radius 2 is 1.71 bits per heavy atom. The van der Waals surface area contributed by atoms with Crippen LogP contribution < -0.4 is 0 Å². The van der Waals surface area contributed by atoms with E-state index in [1.807, 2.05) is 13.0 Å². The van der Waals surface area contributed by atoms with Crippen LogP contribution in [0.4, 0.5) is 0 Å². The molecule has 0 unspecified atom stereocenters. The summed E-state index contributed by atoms with van der Waals surface area (Å²) in [7, 11) is 0. The summed E-state index contributed by atoms with van der Waals surface area (Å²) in [5.74, 6) is 0.379. The number of phenols is 1. The highest BCUT2D eigenvalue weighted by atomic mass is 16.3. The maximum absolute atomic E-state index is 9.61. The van der Waals surface area contributed by atoms with Crippen LogP contribution in [0.5, 0.6) is 5.75 Å². The van der Waals surface area contributed by atoms with Crippen molar-refractivity contribution in [2.45, 2.75) is 20.8 Å². The van der Waals surface area contributed by atoms with Crippen LogP contribution in [0.25, 0.3) is 10.8 Å². The third-order valence-corrected chi connectivity index (χ3v) is 2.69. The molecule has 1 heteroatoms. The van der Waals surface area contributed by atoms with E-state index < -0.39 is 0 Å². The van der Waals surface area contributed by atoms with Crippen molar-refractivity contribution >= 4 is 10.8 Å². The first-order chi connectivity index (χ1) is 6.59. The van der Waals surface area contributed by atoms with Crippen LogP contribution in [0.2, 0.25) is 0 Å². The first-order valence-corrected chi connectivity index (χ1v) is 4.79. The quantitative estimate of drug-likeness (QED) is 0.668. The topological polar surface area (TPSA) is 20.2 Å². The Morgan fingerprint density at radius 1 is 1.00 bits per heavy atom. The molecule has 0 aliphatic rings. The fourth-order valence-corrected chi connectivity index (χ4v) is 2.07. The van der Waals surface area contributed by atoms with E-state index in [4.69, 9.17) is 0 Å². The summed E-state index contributed by atoms with van der Waals surface area (Å²) in [4.78, 5) is 0. The second-order valence-corrected chi connectivity index (χ2v) is 3.89. The van der Waals surface area contributed by atoms with Gasteiger partial charge in [0.2, 0.25) is 0 Å². The zero-order valence-corrected chi connectivity index (χ0v) is 8.76. The Hall–Kier alpha value is -1.50. The molecule has 2 rings (SSSR count). The van der Waals surface area contributed by atoms with Gasteiger partial charge in [-0.3, -0.25) is 0 Å². The minimum absolute atomic E-state index is 0.379. The van der Waals surface area contributed by atoms with Gasteiger partial charge in [0.15, 0.2) is 0 Å². The van der Waals surface area contributed by atoms with Crippen molar-refractivity contribution in [1.82, 2.24) is 0 Å². The number of rotatable bonds is 0. The molecule has 0 saturated heterocycles. The van der Waals surface area contributed by atoms with Crippen LogP contribution >= 0.6 is 0 Å². The molecule has 0 heterocycles. The number of hydrogen-bond donors (Lipinski definition) is 1. The van der Waals surface area contributed by atoms with E-state index in [1.165, 1.54) is 21.9 Å². The van der Waals surface area contributed by atoms with Gasteiger partial charge >= 0.3 is 0 Å². The number of hydrogen-bond acceptors (Lipinski definition) is 1. The second-order valence-electron chi connectivity index (χ2n) is 3.89. The van der Waals surface area contributed by atoms with Crippen molar-refractivity contribution in [2.75, 3.05) is 0 Å². The van der Waals surface area contributed by atoms with Crippen LogP contribution in [-0.2, 0) is 0 Å². The summed E-state index contributed by atoms with van der Waals surface area (Å²) in [5, 5.41) is 12.0. The van der Waals surface area contributed by atoms with Crippen LogP contribution in [0.1, 0.15) is 16.7 Å². The van der Waals surface area contributed by atoms with Crippen LogP contribution in [0.15, 0.2) is 24.3 Å². The molecule has 0 fully saturated rings. The zero-order chi connectivity index (χ0) is 10.3. The molecule has 0 aromatic heterocycles. The third-order valence-electron chi connectivity index (χ3n) is 2.69. The van der Waals surface area contributed by atoms with Crippen molar-refractivity contribution in [2.24, 2.45) is 0 Å². The summed E-state index contributed by atoms with van der Waals surface area (Å²) in [5.41, 5.74) is 3.47. The van der Waals surface area contributed by atoms with Gasteiger partial charge in [-0.15, -0.1) is 0 Å². The fourth-order valence-electron chi connectivity index (χ4n) is 2.07. The van der Waals surface area contributed by atoms with Gasteiger partial charge in [0.25, 0.3) is 0 Å². The van der Waals surface area contributed by atoms with E-state index in [9.17, 15) is 5.11 Å². The van der Waals surface area contributed by atoms with E-state index >= 15 is 0 Å². The summed E-state index contributed by atoms with van der Waals surface area (Å²) in [6, 6.07) is 8.03. The third kappa shape index (κ3) is 1.25. The maximum atomic E-state index is 9.61.